The smallest absolute Gasteiger partial charge is 0.125 e. The number of hydrogen-bond donors (Lipinski definition) is 1. The minimum absolute atomic E-state index is 0. The molecule has 0 amide bonds. The highest BCUT2D eigenvalue weighted by Crippen LogP contribution is 2.14. The summed E-state index contributed by atoms with van der Waals surface area (Å²) in [6, 6.07) is 6.22. The highest BCUT2D eigenvalue weighted by atomic mass is 35.5. The number of rotatable bonds is 3. The Morgan fingerprint density at radius 3 is 2.39 bits per heavy atom. The summed E-state index contributed by atoms with van der Waals surface area (Å²) in [5.41, 5.74) is 7.04. The molecule has 0 aliphatic heterocycles. The predicted molar refractivity (Wildman–Crippen MR) is 74.7 cm³/mol. The predicted octanol–water partition coefficient (Wildman–Crippen LogP) is 2.65. The molecule has 0 aliphatic rings. The summed E-state index contributed by atoms with van der Waals surface area (Å²) in [4.78, 5) is 4.19. The van der Waals surface area contributed by atoms with Crippen LogP contribution in [0.25, 0.3) is 0 Å². The molecule has 0 spiro atoms. The maximum Gasteiger partial charge on any atom is 0.125 e. The van der Waals surface area contributed by atoms with Gasteiger partial charge in [-0.1, -0.05) is 12.1 Å². The molecule has 18 heavy (non-hydrogen) atoms. The average molecular weight is 292 g/mol. The summed E-state index contributed by atoms with van der Waals surface area (Å²) < 4.78 is 14.6. The van der Waals surface area contributed by atoms with Gasteiger partial charge in [-0.3, -0.25) is 0 Å². The second-order valence-electron chi connectivity index (χ2n) is 3.83. The number of aromatic nitrogens is 2. The minimum Gasteiger partial charge on any atom is -0.337 e. The van der Waals surface area contributed by atoms with E-state index in [4.69, 9.17) is 5.73 Å². The molecular weight excluding hydrogens is 276 g/mol. The van der Waals surface area contributed by atoms with Crippen LogP contribution in [0.15, 0.2) is 36.7 Å². The fourth-order valence-corrected chi connectivity index (χ4v) is 1.70. The van der Waals surface area contributed by atoms with Crippen molar-refractivity contribution >= 4 is 24.8 Å². The number of nitrogens with two attached hydrogens (primary N) is 1. The zero-order valence-electron chi connectivity index (χ0n) is 9.91. The molecule has 0 saturated heterocycles. The van der Waals surface area contributed by atoms with Crippen molar-refractivity contribution in [1.82, 2.24) is 9.55 Å². The summed E-state index contributed by atoms with van der Waals surface area (Å²) in [5, 5.41) is 0. The van der Waals surface area contributed by atoms with E-state index in [0.717, 1.165) is 11.4 Å². The maximum absolute atomic E-state index is 12.7. The van der Waals surface area contributed by atoms with E-state index in [9.17, 15) is 4.39 Å². The summed E-state index contributed by atoms with van der Waals surface area (Å²) in [5.74, 6) is 0.610. The van der Waals surface area contributed by atoms with Crippen molar-refractivity contribution in [2.75, 3.05) is 0 Å². The first kappa shape index (κ1) is 16.9. The molecule has 3 nitrogen and oxygen atoms in total. The van der Waals surface area contributed by atoms with Gasteiger partial charge in [0.1, 0.15) is 11.6 Å². The zero-order chi connectivity index (χ0) is 11.5. The van der Waals surface area contributed by atoms with E-state index in [1.165, 1.54) is 12.1 Å². The molecule has 1 unspecified atom stereocenters. The highest BCUT2D eigenvalue weighted by molar-refractivity contribution is 5.85. The summed E-state index contributed by atoms with van der Waals surface area (Å²) in [6.07, 6.45) is 4.24. The third-order valence-corrected chi connectivity index (χ3v) is 2.56. The van der Waals surface area contributed by atoms with Crippen LogP contribution < -0.4 is 5.73 Å². The number of imidazole rings is 1. The van der Waals surface area contributed by atoms with Gasteiger partial charge in [0.15, 0.2) is 0 Å². The fraction of sp³-hybridized carbons (Fsp3) is 0.250. The van der Waals surface area contributed by atoms with Crippen molar-refractivity contribution in [1.29, 1.82) is 0 Å². The van der Waals surface area contributed by atoms with Gasteiger partial charge in [-0.15, -0.1) is 24.8 Å². The Morgan fingerprint density at radius 2 is 1.89 bits per heavy atom. The lowest BCUT2D eigenvalue weighted by Crippen LogP contribution is -2.17. The van der Waals surface area contributed by atoms with Gasteiger partial charge in [0.05, 0.1) is 6.04 Å². The second kappa shape index (κ2) is 7.36. The van der Waals surface area contributed by atoms with E-state index < -0.39 is 0 Å². The molecule has 1 heterocycles. The van der Waals surface area contributed by atoms with Crippen molar-refractivity contribution in [3.05, 3.63) is 53.9 Å². The number of halogens is 3. The molecule has 6 heteroatoms. The Hall–Kier alpha value is -1.10. The molecule has 100 valence electrons. The van der Waals surface area contributed by atoms with Crippen LogP contribution in [0.1, 0.15) is 17.4 Å². The third-order valence-electron chi connectivity index (χ3n) is 2.56. The monoisotopic (exact) mass is 291 g/mol. The van der Waals surface area contributed by atoms with Gasteiger partial charge in [-0.05, 0) is 24.1 Å². The first-order valence-corrected chi connectivity index (χ1v) is 5.14. The van der Waals surface area contributed by atoms with Crippen LogP contribution in [0.2, 0.25) is 0 Å². The quantitative estimate of drug-likeness (QED) is 0.945. The standard InChI is InChI=1S/C12H14FN3.2ClH/c1-16-7-6-15-12(16)11(14)8-9-2-4-10(13)5-3-9;;/h2-7,11H,8,14H2,1H3;2*1H. The normalized spacial score (nSPS) is 11.3. The lowest BCUT2D eigenvalue weighted by Gasteiger charge is -2.11. The molecule has 2 rings (SSSR count). The van der Waals surface area contributed by atoms with Gasteiger partial charge in [-0.25, -0.2) is 9.37 Å². The minimum atomic E-state index is -0.227. The van der Waals surface area contributed by atoms with Gasteiger partial charge in [0.25, 0.3) is 0 Å². The Kier molecular flexibility index (Phi) is 6.91. The molecule has 2 aromatic rings. The second-order valence-corrected chi connectivity index (χ2v) is 3.83. The zero-order valence-corrected chi connectivity index (χ0v) is 11.5. The summed E-state index contributed by atoms with van der Waals surface area (Å²) >= 11 is 0. The lowest BCUT2D eigenvalue weighted by molar-refractivity contribution is 0.618. The molecule has 1 atom stereocenters. The van der Waals surface area contributed by atoms with Gasteiger partial charge in [-0.2, -0.15) is 0 Å². The van der Waals surface area contributed by atoms with Crippen LogP contribution >= 0.6 is 24.8 Å². The Bertz CT molecular complexity index is 470. The molecule has 1 aromatic heterocycles. The molecule has 1 aromatic carbocycles. The maximum atomic E-state index is 12.7. The topological polar surface area (TPSA) is 43.8 Å². The largest absolute Gasteiger partial charge is 0.337 e. The fourth-order valence-electron chi connectivity index (χ4n) is 1.70. The molecule has 0 saturated carbocycles. The van der Waals surface area contributed by atoms with Crippen molar-refractivity contribution in [3.63, 3.8) is 0 Å². The summed E-state index contributed by atoms with van der Waals surface area (Å²) in [7, 11) is 1.91. The van der Waals surface area contributed by atoms with Gasteiger partial charge in [0.2, 0.25) is 0 Å². The number of benzene rings is 1. The number of nitrogens with zero attached hydrogens (tertiary/aromatic N) is 2. The Morgan fingerprint density at radius 1 is 1.28 bits per heavy atom. The first-order chi connectivity index (χ1) is 7.66. The van der Waals surface area contributed by atoms with Gasteiger partial charge >= 0.3 is 0 Å². The van der Waals surface area contributed by atoms with Crippen LogP contribution in [-0.2, 0) is 13.5 Å². The van der Waals surface area contributed by atoms with E-state index >= 15 is 0 Å². The molecule has 2 N–H and O–H groups in total. The van der Waals surface area contributed by atoms with E-state index in [1.807, 2.05) is 17.8 Å². The highest BCUT2D eigenvalue weighted by Gasteiger charge is 2.11. The molecule has 0 bridgehead atoms. The lowest BCUT2D eigenvalue weighted by atomic mass is 10.1. The molecule has 0 aliphatic carbocycles. The van der Waals surface area contributed by atoms with E-state index in [-0.39, 0.29) is 36.7 Å². The van der Waals surface area contributed by atoms with E-state index in [1.54, 1.807) is 18.3 Å². The van der Waals surface area contributed by atoms with Gasteiger partial charge in [0, 0.05) is 19.4 Å². The van der Waals surface area contributed by atoms with Crippen LogP contribution in [0, 0.1) is 5.82 Å². The Balaban J connectivity index is 0.00000144. The molecule has 0 fully saturated rings. The van der Waals surface area contributed by atoms with Crippen molar-refractivity contribution in [2.24, 2.45) is 12.8 Å². The molecule has 0 radical (unpaired) electrons. The summed E-state index contributed by atoms with van der Waals surface area (Å²) in [6.45, 7) is 0. The van der Waals surface area contributed by atoms with Crippen molar-refractivity contribution < 1.29 is 4.39 Å². The van der Waals surface area contributed by atoms with Crippen LogP contribution in [0.3, 0.4) is 0 Å². The number of aryl methyl sites for hydroxylation is 1. The third kappa shape index (κ3) is 3.98. The number of hydrogen-bond acceptors (Lipinski definition) is 2. The van der Waals surface area contributed by atoms with Crippen molar-refractivity contribution in [3.8, 4) is 0 Å². The van der Waals surface area contributed by atoms with Gasteiger partial charge < -0.3 is 10.3 Å². The van der Waals surface area contributed by atoms with Crippen LogP contribution in [0.4, 0.5) is 4.39 Å². The SMILES string of the molecule is Cl.Cl.Cn1ccnc1C(N)Cc1ccc(F)cc1. The van der Waals surface area contributed by atoms with Crippen LogP contribution in [0.5, 0.6) is 0 Å². The average Bonchev–Trinajstić information content (AvgIpc) is 2.68. The van der Waals surface area contributed by atoms with E-state index in [2.05, 4.69) is 4.98 Å². The molecular formula is C12H16Cl2FN3. The van der Waals surface area contributed by atoms with Crippen LogP contribution in [-0.4, -0.2) is 9.55 Å². The first-order valence-electron chi connectivity index (χ1n) is 5.14. The van der Waals surface area contributed by atoms with E-state index in [0.29, 0.717) is 6.42 Å². The Labute approximate surface area is 118 Å². The van der Waals surface area contributed by atoms with Crippen molar-refractivity contribution in [2.45, 2.75) is 12.5 Å².